The van der Waals surface area contributed by atoms with Crippen LogP contribution in [0, 0.1) is 0 Å². The van der Waals surface area contributed by atoms with Crippen LogP contribution in [0.25, 0.3) is 5.57 Å². The van der Waals surface area contributed by atoms with Gasteiger partial charge in [0, 0.05) is 11.6 Å². The fourth-order valence-electron chi connectivity index (χ4n) is 2.50. The van der Waals surface area contributed by atoms with Crippen LogP contribution in [-0.2, 0) is 16.0 Å². The summed E-state index contributed by atoms with van der Waals surface area (Å²) in [6, 6.07) is 16.3. The van der Waals surface area contributed by atoms with Crippen LogP contribution in [0.15, 0.2) is 59.6 Å². The van der Waals surface area contributed by atoms with Crippen molar-refractivity contribution in [2.45, 2.75) is 6.42 Å². The van der Waals surface area contributed by atoms with Crippen LogP contribution < -0.4 is 0 Å². The maximum atomic E-state index is 12.5. The zero-order valence-electron chi connectivity index (χ0n) is 12.1. The van der Waals surface area contributed by atoms with E-state index in [1.807, 2.05) is 18.2 Å². The van der Waals surface area contributed by atoms with Gasteiger partial charge in [-0.15, -0.1) is 0 Å². The SMILES string of the molecule is O=C1C(Cl)=C(c2ccccc2)C(=O)N1CCc1ccc(Cl)cc1. The molecule has 1 aliphatic rings. The molecule has 0 aliphatic carbocycles. The number of imide groups is 1. The minimum absolute atomic E-state index is 0.0164. The molecule has 0 unspecified atom stereocenters. The number of hydrogen-bond donors (Lipinski definition) is 0. The molecule has 0 radical (unpaired) electrons. The molecule has 0 atom stereocenters. The molecule has 0 spiro atoms. The lowest BCUT2D eigenvalue weighted by Gasteiger charge is -2.14. The Morgan fingerprint density at radius 1 is 0.826 bits per heavy atom. The molecule has 0 aromatic heterocycles. The number of rotatable bonds is 4. The lowest BCUT2D eigenvalue weighted by Crippen LogP contribution is -2.33. The number of nitrogens with zero attached hydrogens (tertiary/aromatic N) is 1. The Balaban J connectivity index is 1.77. The number of benzene rings is 2. The summed E-state index contributed by atoms with van der Waals surface area (Å²) in [6.45, 7) is 0.284. The lowest BCUT2D eigenvalue weighted by atomic mass is 10.1. The third-order valence-electron chi connectivity index (χ3n) is 3.71. The highest BCUT2D eigenvalue weighted by Gasteiger charge is 2.37. The average molecular weight is 346 g/mol. The molecule has 1 heterocycles. The van der Waals surface area contributed by atoms with Gasteiger partial charge in [0.05, 0.1) is 5.57 Å². The van der Waals surface area contributed by atoms with Crippen molar-refractivity contribution >= 4 is 40.6 Å². The second kappa shape index (κ2) is 6.57. The Kier molecular flexibility index (Phi) is 4.51. The molecule has 5 heteroatoms. The molecule has 2 aromatic carbocycles. The first-order valence-electron chi connectivity index (χ1n) is 7.14. The van der Waals surface area contributed by atoms with Crippen LogP contribution in [0.1, 0.15) is 11.1 Å². The van der Waals surface area contributed by atoms with Crippen LogP contribution in [-0.4, -0.2) is 23.3 Å². The third-order valence-corrected chi connectivity index (χ3v) is 4.31. The summed E-state index contributed by atoms with van der Waals surface area (Å²) in [4.78, 5) is 26.0. The molecule has 0 fully saturated rings. The van der Waals surface area contributed by atoms with Gasteiger partial charge in [0.25, 0.3) is 11.8 Å². The summed E-state index contributed by atoms with van der Waals surface area (Å²) in [5.41, 5.74) is 1.93. The molecule has 1 aliphatic heterocycles. The van der Waals surface area contributed by atoms with Crippen molar-refractivity contribution in [2.24, 2.45) is 0 Å². The van der Waals surface area contributed by atoms with E-state index < -0.39 is 5.91 Å². The number of halogens is 2. The highest BCUT2D eigenvalue weighted by molar-refractivity contribution is 6.55. The van der Waals surface area contributed by atoms with Gasteiger partial charge in [-0.3, -0.25) is 14.5 Å². The molecule has 2 aromatic rings. The first-order valence-corrected chi connectivity index (χ1v) is 7.89. The van der Waals surface area contributed by atoms with Crippen molar-refractivity contribution in [3.8, 4) is 0 Å². The quantitative estimate of drug-likeness (QED) is 0.788. The summed E-state index contributed by atoms with van der Waals surface area (Å²) < 4.78 is 0. The van der Waals surface area contributed by atoms with E-state index in [4.69, 9.17) is 23.2 Å². The van der Waals surface area contributed by atoms with E-state index >= 15 is 0 Å². The topological polar surface area (TPSA) is 37.4 Å². The van der Waals surface area contributed by atoms with Gasteiger partial charge in [-0.25, -0.2) is 0 Å². The van der Waals surface area contributed by atoms with E-state index in [2.05, 4.69) is 0 Å². The Hall–Kier alpha value is -2.10. The summed E-state index contributed by atoms with van der Waals surface area (Å²) >= 11 is 12.0. The van der Waals surface area contributed by atoms with E-state index in [1.54, 1.807) is 36.4 Å². The Morgan fingerprint density at radius 3 is 2.13 bits per heavy atom. The molecule has 3 rings (SSSR count). The molecule has 0 saturated heterocycles. The number of carbonyl (C=O) groups excluding carboxylic acids is 2. The van der Waals surface area contributed by atoms with E-state index in [9.17, 15) is 9.59 Å². The van der Waals surface area contributed by atoms with E-state index in [0.29, 0.717) is 17.0 Å². The standard InChI is InChI=1S/C18H13Cl2NO2/c19-14-8-6-12(7-9-14)10-11-21-17(22)15(16(20)18(21)23)13-4-2-1-3-5-13/h1-9H,10-11H2. The molecular weight excluding hydrogens is 333 g/mol. The first-order chi connectivity index (χ1) is 11.1. The van der Waals surface area contributed by atoms with Crippen LogP contribution in [0.5, 0.6) is 0 Å². The Bertz CT molecular complexity index is 782. The van der Waals surface area contributed by atoms with Gasteiger partial charge in [-0.05, 0) is 29.7 Å². The average Bonchev–Trinajstić information content (AvgIpc) is 2.78. The van der Waals surface area contributed by atoms with Gasteiger partial charge in [0.2, 0.25) is 0 Å². The van der Waals surface area contributed by atoms with Crippen molar-refractivity contribution in [3.63, 3.8) is 0 Å². The van der Waals surface area contributed by atoms with Crippen molar-refractivity contribution in [2.75, 3.05) is 6.54 Å². The highest BCUT2D eigenvalue weighted by Crippen LogP contribution is 2.31. The second-order valence-corrected chi connectivity index (χ2v) is 6.01. The predicted octanol–water partition coefficient (Wildman–Crippen LogP) is 3.90. The van der Waals surface area contributed by atoms with Crippen molar-refractivity contribution < 1.29 is 9.59 Å². The van der Waals surface area contributed by atoms with Crippen LogP contribution in [0.4, 0.5) is 0 Å². The zero-order valence-corrected chi connectivity index (χ0v) is 13.6. The molecule has 0 bridgehead atoms. The number of amides is 2. The second-order valence-electron chi connectivity index (χ2n) is 5.19. The van der Waals surface area contributed by atoms with Crippen LogP contribution >= 0.6 is 23.2 Å². The molecule has 2 amide bonds. The largest absolute Gasteiger partial charge is 0.273 e. The normalized spacial score (nSPS) is 14.8. The van der Waals surface area contributed by atoms with Gasteiger partial charge < -0.3 is 0 Å². The molecule has 3 nitrogen and oxygen atoms in total. The highest BCUT2D eigenvalue weighted by atomic mass is 35.5. The van der Waals surface area contributed by atoms with Crippen molar-refractivity contribution in [3.05, 3.63) is 75.8 Å². The minimum Gasteiger partial charge on any atom is -0.273 e. The molecular formula is C18H13Cl2NO2. The monoisotopic (exact) mass is 345 g/mol. The Morgan fingerprint density at radius 2 is 1.48 bits per heavy atom. The van der Waals surface area contributed by atoms with Crippen molar-refractivity contribution in [1.29, 1.82) is 0 Å². The molecule has 23 heavy (non-hydrogen) atoms. The maximum absolute atomic E-state index is 12.5. The summed E-state index contributed by atoms with van der Waals surface area (Å²) in [7, 11) is 0. The van der Waals surface area contributed by atoms with Gasteiger partial charge in [0.15, 0.2) is 0 Å². The first kappa shape index (κ1) is 15.8. The Labute approximate surface area is 144 Å². The molecule has 0 N–H and O–H groups in total. The van der Waals surface area contributed by atoms with Gasteiger partial charge in [-0.1, -0.05) is 65.7 Å². The summed E-state index contributed by atoms with van der Waals surface area (Å²) in [6.07, 6.45) is 0.556. The van der Waals surface area contributed by atoms with Gasteiger partial charge in [-0.2, -0.15) is 0 Å². The van der Waals surface area contributed by atoms with E-state index in [-0.39, 0.29) is 23.1 Å². The summed E-state index contributed by atoms with van der Waals surface area (Å²) in [5, 5.41) is 0.635. The van der Waals surface area contributed by atoms with Crippen molar-refractivity contribution in [1.82, 2.24) is 4.90 Å². The predicted molar refractivity (Wildman–Crippen MR) is 91.1 cm³/mol. The maximum Gasteiger partial charge on any atom is 0.273 e. The van der Waals surface area contributed by atoms with Crippen LogP contribution in [0.3, 0.4) is 0 Å². The molecule has 116 valence electrons. The fourth-order valence-corrected chi connectivity index (χ4v) is 2.91. The number of hydrogen-bond acceptors (Lipinski definition) is 2. The molecule has 0 saturated carbocycles. The van der Waals surface area contributed by atoms with E-state index in [0.717, 1.165) is 5.56 Å². The lowest BCUT2D eigenvalue weighted by molar-refractivity contribution is -0.136. The smallest absolute Gasteiger partial charge is 0.273 e. The fraction of sp³-hybridized carbons (Fsp3) is 0.111. The van der Waals surface area contributed by atoms with E-state index in [1.165, 1.54) is 4.90 Å². The van der Waals surface area contributed by atoms with Gasteiger partial charge in [0.1, 0.15) is 5.03 Å². The zero-order chi connectivity index (χ0) is 16.4. The van der Waals surface area contributed by atoms with Gasteiger partial charge >= 0.3 is 0 Å². The minimum atomic E-state index is -0.440. The van der Waals surface area contributed by atoms with Crippen LogP contribution in [0.2, 0.25) is 5.02 Å². The summed E-state index contributed by atoms with van der Waals surface area (Å²) in [5.74, 6) is -0.787. The third kappa shape index (κ3) is 3.16. The number of carbonyl (C=O) groups is 2.